The molecule has 0 atom stereocenters. The molecule has 24 heavy (non-hydrogen) atoms. The molecule has 0 aromatic heterocycles. The van der Waals surface area contributed by atoms with Gasteiger partial charge in [0, 0.05) is 38.5 Å². The average Bonchev–Trinajstić information content (AvgIpc) is 2.55. The Morgan fingerprint density at radius 3 is 2.58 bits per heavy atom. The molecule has 0 aliphatic carbocycles. The van der Waals surface area contributed by atoms with E-state index in [4.69, 9.17) is 5.11 Å². The minimum atomic E-state index is -0.798. The predicted molar refractivity (Wildman–Crippen MR) is 87.8 cm³/mol. The monoisotopic (exact) mass is 335 g/mol. The van der Waals surface area contributed by atoms with Crippen molar-refractivity contribution in [2.24, 2.45) is 5.92 Å². The summed E-state index contributed by atoms with van der Waals surface area (Å²) in [7, 11) is 0. The molecule has 1 saturated heterocycles. The van der Waals surface area contributed by atoms with Gasteiger partial charge in [0.15, 0.2) is 0 Å². The molecular formula is C16H21N3O5. The Hall–Kier alpha value is -2.64. The Bertz CT molecular complexity index is 611. The van der Waals surface area contributed by atoms with Crippen LogP contribution in [-0.2, 0) is 9.59 Å². The number of amides is 1. The number of piperidine rings is 1. The quantitative estimate of drug-likeness (QED) is 0.583. The first-order chi connectivity index (χ1) is 11.5. The highest BCUT2D eigenvalue weighted by atomic mass is 16.6. The highest BCUT2D eigenvalue weighted by Crippen LogP contribution is 2.23. The summed E-state index contributed by atoms with van der Waals surface area (Å²) in [5, 5.41) is 22.6. The van der Waals surface area contributed by atoms with Crippen LogP contribution in [0.3, 0.4) is 0 Å². The van der Waals surface area contributed by atoms with Gasteiger partial charge in [-0.2, -0.15) is 0 Å². The molecule has 0 saturated carbocycles. The smallest absolute Gasteiger partial charge is 0.303 e. The van der Waals surface area contributed by atoms with Gasteiger partial charge in [-0.15, -0.1) is 0 Å². The van der Waals surface area contributed by atoms with Crippen LogP contribution in [0.1, 0.15) is 25.7 Å². The van der Waals surface area contributed by atoms with Gasteiger partial charge in [-0.05, 0) is 24.8 Å². The molecular weight excluding hydrogens is 314 g/mol. The van der Waals surface area contributed by atoms with Gasteiger partial charge < -0.3 is 15.3 Å². The molecule has 1 aliphatic heterocycles. The normalized spacial score (nSPS) is 15.1. The van der Waals surface area contributed by atoms with E-state index in [1.54, 1.807) is 23.1 Å². The lowest BCUT2D eigenvalue weighted by Gasteiger charge is -2.31. The zero-order valence-corrected chi connectivity index (χ0v) is 13.3. The lowest BCUT2D eigenvalue weighted by Crippen LogP contribution is -2.39. The summed E-state index contributed by atoms with van der Waals surface area (Å²) in [6.45, 7) is 1.46. The van der Waals surface area contributed by atoms with E-state index in [9.17, 15) is 19.7 Å². The van der Waals surface area contributed by atoms with Gasteiger partial charge in [0.2, 0.25) is 5.91 Å². The molecule has 1 aromatic carbocycles. The van der Waals surface area contributed by atoms with E-state index >= 15 is 0 Å². The predicted octanol–water partition coefficient (Wildman–Crippen LogP) is 2.11. The molecule has 0 radical (unpaired) electrons. The van der Waals surface area contributed by atoms with Gasteiger partial charge in [0.25, 0.3) is 5.69 Å². The highest BCUT2D eigenvalue weighted by molar-refractivity contribution is 5.77. The molecule has 8 heteroatoms. The van der Waals surface area contributed by atoms with Crippen LogP contribution in [0.2, 0.25) is 0 Å². The van der Waals surface area contributed by atoms with Gasteiger partial charge >= 0.3 is 5.97 Å². The zero-order chi connectivity index (χ0) is 17.5. The first-order valence-corrected chi connectivity index (χ1v) is 7.94. The van der Waals surface area contributed by atoms with Crippen LogP contribution in [0, 0.1) is 16.0 Å². The topological polar surface area (TPSA) is 113 Å². The van der Waals surface area contributed by atoms with Crippen LogP contribution in [0.5, 0.6) is 0 Å². The van der Waals surface area contributed by atoms with Gasteiger partial charge in [0.05, 0.1) is 4.92 Å². The number of benzene rings is 1. The van der Waals surface area contributed by atoms with Gasteiger partial charge in [-0.3, -0.25) is 19.7 Å². The lowest BCUT2D eigenvalue weighted by molar-refractivity contribution is -0.384. The Balaban J connectivity index is 1.76. The van der Waals surface area contributed by atoms with E-state index in [1.165, 1.54) is 6.07 Å². The van der Waals surface area contributed by atoms with Gasteiger partial charge in [-0.25, -0.2) is 0 Å². The number of carboxylic acids is 1. The van der Waals surface area contributed by atoms with Crippen molar-refractivity contribution in [2.75, 3.05) is 25.0 Å². The molecule has 8 nitrogen and oxygen atoms in total. The summed E-state index contributed by atoms with van der Waals surface area (Å²) in [4.78, 5) is 35.1. The van der Waals surface area contributed by atoms with Crippen molar-refractivity contribution in [1.82, 2.24) is 4.90 Å². The number of para-hydroxylation sites is 2. The second kappa shape index (κ2) is 8.28. The Morgan fingerprint density at radius 2 is 1.96 bits per heavy atom. The third-order valence-corrected chi connectivity index (χ3v) is 4.19. The number of aliphatic carboxylic acids is 1. The Morgan fingerprint density at radius 1 is 1.29 bits per heavy atom. The van der Waals surface area contributed by atoms with Crippen molar-refractivity contribution in [1.29, 1.82) is 0 Å². The van der Waals surface area contributed by atoms with Crippen LogP contribution in [0.25, 0.3) is 0 Å². The zero-order valence-electron chi connectivity index (χ0n) is 13.3. The van der Waals surface area contributed by atoms with Gasteiger partial charge in [0.1, 0.15) is 5.69 Å². The third-order valence-electron chi connectivity index (χ3n) is 4.19. The first kappa shape index (κ1) is 17.7. The Labute approximate surface area is 139 Å². The van der Waals surface area contributed by atoms with Crippen LogP contribution in [-0.4, -0.2) is 46.4 Å². The fourth-order valence-corrected chi connectivity index (χ4v) is 2.88. The summed E-state index contributed by atoms with van der Waals surface area (Å²) in [5.41, 5.74) is 0.384. The van der Waals surface area contributed by atoms with E-state index < -0.39 is 10.9 Å². The molecule has 2 rings (SSSR count). The summed E-state index contributed by atoms with van der Waals surface area (Å²) in [6.07, 6.45) is 1.81. The van der Waals surface area contributed by atoms with Crippen LogP contribution < -0.4 is 5.32 Å². The van der Waals surface area contributed by atoms with Crippen molar-refractivity contribution in [3.63, 3.8) is 0 Å². The minimum Gasteiger partial charge on any atom is -0.481 e. The van der Waals surface area contributed by atoms with Crippen LogP contribution in [0.15, 0.2) is 24.3 Å². The largest absolute Gasteiger partial charge is 0.481 e. The van der Waals surface area contributed by atoms with E-state index in [-0.39, 0.29) is 30.4 Å². The maximum Gasteiger partial charge on any atom is 0.303 e. The van der Waals surface area contributed by atoms with E-state index in [0.29, 0.717) is 38.2 Å². The number of rotatable bonds is 7. The summed E-state index contributed by atoms with van der Waals surface area (Å²) >= 11 is 0. The van der Waals surface area contributed by atoms with E-state index in [1.807, 2.05) is 0 Å². The first-order valence-electron chi connectivity index (χ1n) is 7.94. The molecule has 1 amide bonds. The van der Waals surface area contributed by atoms with Crippen LogP contribution in [0.4, 0.5) is 11.4 Å². The lowest BCUT2D eigenvalue weighted by atomic mass is 9.93. The minimum absolute atomic E-state index is 0.0144. The fourth-order valence-electron chi connectivity index (χ4n) is 2.88. The SMILES string of the molecule is O=C(O)CC1CCN(C(=O)CCNc2ccccc2[N+](=O)[O-])CC1. The van der Waals surface area contributed by atoms with Crippen molar-refractivity contribution >= 4 is 23.3 Å². The maximum atomic E-state index is 12.2. The molecule has 0 bridgehead atoms. The van der Waals surface area contributed by atoms with E-state index in [2.05, 4.69) is 5.32 Å². The number of carbonyl (C=O) groups excluding carboxylic acids is 1. The number of nitrogens with zero attached hydrogens (tertiary/aromatic N) is 2. The standard InChI is InChI=1S/C16H21N3O5/c20-15(18-9-6-12(7-10-18)11-16(21)22)5-8-17-13-3-1-2-4-14(13)19(23)24/h1-4,12,17H,5-11H2,(H,21,22). The van der Waals surface area contributed by atoms with Crippen molar-refractivity contribution in [3.8, 4) is 0 Å². The molecule has 0 spiro atoms. The molecule has 1 aliphatic rings. The summed E-state index contributed by atoms with van der Waals surface area (Å²) in [6, 6.07) is 6.32. The molecule has 1 fully saturated rings. The average molecular weight is 335 g/mol. The van der Waals surface area contributed by atoms with Crippen molar-refractivity contribution < 1.29 is 19.6 Å². The third kappa shape index (κ3) is 4.94. The second-order valence-corrected chi connectivity index (χ2v) is 5.87. The number of anilines is 1. The number of hydrogen-bond donors (Lipinski definition) is 2. The second-order valence-electron chi connectivity index (χ2n) is 5.87. The van der Waals surface area contributed by atoms with E-state index in [0.717, 1.165) is 0 Å². The Kier molecular flexibility index (Phi) is 6.11. The highest BCUT2D eigenvalue weighted by Gasteiger charge is 2.24. The maximum absolute atomic E-state index is 12.2. The molecule has 0 unspecified atom stereocenters. The van der Waals surface area contributed by atoms with Crippen molar-refractivity contribution in [2.45, 2.75) is 25.7 Å². The number of carboxylic acid groups (broad SMARTS) is 1. The number of hydrogen-bond acceptors (Lipinski definition) is 5. The summed E-state index contributed by atoms with van der Waals surface area (Å²) in [5.74, 6) is -0.681. The number of nitrogens with one attached hydrogen (secondary N) is 1. The molecule has 130 valence electrons. The number of nitro groups is 1. The molecule has 2 N–H and O–H groups in total. The summed E-state index contributed by atoms with van der Waals surface area (Å²) < 4.78 is 0. The van der Waals surface area contributed by atoms with Crippen LogP contribution >= 0.6 is 0 Å². The molecule has 1 aromatic rings. The van der Waals surface area contributed by atoms with Crippen molar-refractivity contribution in [3.05, 3.63) is 34.4 Å². The fraction of sp³-hybridized carbons (Fsp3) is 0.500. The number of likely N-dealkylation sites (tertiary alicyclic amines) is 1. The number of carbonyl (C=O) groups is 2. The number of nitro benzene ring substituents is 1. The molecule has 1 heterocycles. The van der Waals surface area contributed by atoms with Gasteiger partial charge in [-0.1, -0.05) is 12.1 Å².